The summed E-state index contributed by atoms with van der Waals surface area (Å²) in [6.07, 6.45) is 0.216. The maximum Gasteiger partial charge on any atom is 0.336 e. The number of hydrogen-bond acceptors (Lipinski definition) is 3. The topological polar surface area (TPSA) is 66.8 Å². The fourth-order valence-electron chi connectivity index (χ4n) is 1.29. The lowest BCUT2D eigenvalue weighted by Crippen LogP contribution is -2.39. The number of aromatic hydroxyl groups is 1. The Morgan fingerprint density at radius 3 is 2.67 bits per heavy atom. The highest BCUT2D eigenvalue weighted by atomic mass is 16.5. The van der Waals surface area contributed by atoms with Crippen LogP contribution in [-0.4, -0.2) is 28.9 Å². The van der Waals surface area contributed by atoms with Gasteiger partial charge in [-0.05, 0) is 24.6 Å². The zero-order valence-electron chi connectivity index (χ0n) is 8.73. The van der Waals surface area contributed by atoms with E-state index in [9.17, 15) is 9.90 Å². The highest BCUT2D eigenvalue weighted by molar-refractivity contribution is 5.77. The highest BCUT2D eigenvalue weighted by Gasteiger charge is 2.33. The molecule has 4 heteroatoms. The van der Waals surface area contributed by atoms with Gasteiger partial charge in [0.05, 0.1) is 0 Å². The van der Waals surface area contributed by atoms with Crippen LogP contribution in [0.2, 0.25) is 0 Å². The number of phenols is 1. The van der Waals surface area contributed by atoms with Crippen molar-refractivity contribution in [1.82, 2.24) is 0 Å². The smallest absolute Gasteiger partial charge is 0.336 e. The molecule has 1 aromatic carbocycles. The lowest BCUT2D eigenvalue weighted by atomic mass is 9.96. The molecule has 0 bridgehead atoms. The van der Waals surface area contributed by atoms with E-state index >= 15 is 0 Å². The zero-order chi connectivity index (χ0) is 11.5. The van der Waals surface area contributed by atoms with E-state index < -0.39 is 11.6 Å². The zero-order valence-corrected chi connectivity index (χ0v) is 8.73. The summed E-state index contributed by atoms with van der Waals surface area (Å²) in [5.41, 5.74) is -0.532. The lowest BCUT2D eigenvalue weighted by molar-refractivity contribution is -0.159. The van der Waals surface area contributed by atoms with Crippen LogP contribution >= 0.6 is 0 Å². The van der Waals surface area contributed by atoms with Crippen LogP contribution in [0, 0.1) is 0 Å². The van der Waals surface area contributed by atoms with Gasteiger partial charge in [0.25, 0.3) is 0 Å². The van der Waals surface area contributed by atoms with Gasteiger partial charge in [-0.1, -0.05) is 12.1 Å². The molecule has 0 saturated carbocycles. The first-order chi connectivity index (χ1) is 6.98. The molecular formula is C11H14O4. The van der Waals surface area contributed by atoms with Crippen molar-refractivity contribution in [2.75, 3.05) is 7.11 Å². The normalized spacial score (nSPS) is 14.5. The number of benzene rings is 1. The molecule has 0 aromatic heterocycles. The molecule has 2 N–H and O–H groups in total. The Labute approximate surface area is 88.1 Å². The van der Waals surface area contributed by atoms with Crippen LogP contribution in [0.4, 0.5) is 0 Å². The highest BCUT2D eigenvalue weighted by Crippen LogP contribution is 2.20. The molecule has 1 atom stereocenters. The van der Waals surface area contributed by atoms with Gasteiger partial charge in [-0.25, -0.2) is 4.79 Å². The summed E-state index contributed by atoms with van der Waals surface area (Å²) in [7, 11) is 1.36. The van der Waals surface area contributed by atoms with Crippen molar-refractivity contribution in [3.05, 3.63) is 29.8 Å². The van der Waals surface area contributed by atoms with Gasteiger partial charge in [-0.3, -0.25) is 0 Å². The molecule has 15 heavy (non-hydrogen) atoms. The van der Waals surface area contributed by atoms with E-state index in [2.05, 4.69) is 0 Å². The number of methoxy groups -OCH3 is 1. The summed E-state index contributed by atoms with van der Waals surface area (Å²) >= 11 is 0. The van der Waals surface area contributed by atoms with Gasteiger partial charge in [-0.15, -0.1) is 0 Å². The Morgan fingerprint density at radius 2 is 2.20 bits per heavy atom. The predicted molar refractivity (Wildman–Crippen MR) is 54.9 cm³/mol. The van der Waals surface area contributed by atoms with Crippen molar-refractivity contribution in [2.45, 2.75) is 18.9 Å². The quantitative estimate of drug-likeness (QED) is 0.788. The van der Waals surface area contributed by atoms with Gasteiger partial charge in [0.15, 0.2) is 5.60 Å². The van der Waals surface area contributed by atoms with E-state index in [4.69, 9.17) is 9.84 Å². The van der Waals surface area contributed by atoms with Gasteiger partial charge in [0.1, 0.15) is 5.75 Å². The second kappa shape index (κ2) is 4.31. The number of rotatable bonds is 4. The molecule has 1 unspecified atom stereocenters. The summed E-state index contributed by atoms with van der Waals surface area (Å²) in [6, 6.07) is 6.48. The molecule has 82 valence electrons. The molecule has 1 aromatic rings. The number of carboxylic acid groups (broad SMARTS) is 1. The van der Waals surface area contributed by atoms with E-state index in [-0.39, 0.29) is 12.2 Å². The van der Waals surface area contributed by atoms with E-state index in [1.807, 2.05) is 0 Å². The molecule has 0 spiro atoms. The molecule has 0 saturated heterocycles. The Morgan fingerprint density at radius 1 is 1.53 bits per heavy atom. The minimum atomic E-state index is -1.26. The Balaban J connectivity index is 2.89. The largest absolute Gasteiger partial charge is 0.508 e. The summed E-state index contributed by atoms with van der Waals surface area (Å²) < 4.78 is 4.96. The molecule has 0 fully saturated rings. The second-order valence-electron chi connectivity index (χ2n) is 3.59. The molecule has 0 radical (unpaired) electrons. The third kappa shape index (κ3) is 2.70. The number of carbonyl (C=O) groups is 1. The molecule has 0 aliphatic heterocycles. The van der Waals surface area contributed by atoms with Crippen LogP contribution in [0.25, 0.3) is 0 Å². The molecular weight excluding hydrogens is 196 g/mol. The summed E-state index contributed by atoms with van der Waals surface area (Å²) in [4.78, 5) is 11.0. The van der Waals surface area contributed by atoms with Gasteiger partial charge in [0, 0.05) is 13.5 Å². The van der Waals surface area contributed by atoms with Crippen molar-refractivity contribution in [1.29, 1.82) is 0 Å². The molecule has 0 aliphatic carbocycles. The van der Waals surface area contributed by atoms with Crippen LogP contribution in [0.1, 0.15) is 12.5 Å². The van der Waals surface area contributed by atoms with Gasteiger partial charge >= 0.3 is 5.97 Å². The van der Waals surface area contributed by atoms with Crippen LogP contribution in [0.3, 0.4) is 0 Å². The van der Waals surface area contributed by atoms with Crippen molar-refractivity contribution >= 4 is 5.97 Å². The molecule has 4 nitrogen and oxygen atoms in total. The van der Waals surface area contributed by atoms with Crippen LogP contribution in [0.15, 0.2) is 24.3 Å². The van der Waals surface area contributed by atoms with Crippen LogP contribution in [-0.2, 0) is 16.0 Å². The van der Waals surface area contributed by atoms with E-state index in [0.29, 0.717) is 0 Å². The second-order valence-corrected chi connectivity index (χ2v) is 3.59. The monoisotopic (exact) mass is 210 g/mol. The van der Waals surface area contributed by atoms with Crippen molar-refractivity contribution in [3.8, 4) is 5.75 Å². The number of carboxylic acids is 1. The summed E-state index contributed by atoms with van der Waals surface area (Å²) in [6.45, 7) is 1.50. The Bertz CT molecular complexity index is 361. The van der Waals surface area contributed by atoms with Gasteiger partial charge in [0.2, 0.25) is 0 Å². The SMILES string of the molecule is COC(C)(Cc1cccc(O)c1)C(=O)O. The van der Waals surface area contributed by atoms with Crippen LogP contribution in [0.5, 0.6) is 5.75 Å². The minimum Gasteiger partial charge on any atom is -0.508 e. The fraction of sp³-hybridized carbons (Fsp3) is 0.364. The average Bonchev–Trinajstić information content (AvgIpc) is 2.17. The first kappa shape index (κ1) is 11.5. The molecule has 0 heterocycles. The maximum absolute atomic E-state index is 11.0. The summed E-state index contributed by atoms with van der Waals surface area (Å²) in [5, 5.41) is 18.2. The average molecular weight is 210 g/mol. The van der Waals surface area contributed by atoms with Gasteiger partial charge in [-0.2, -0.15) is 0 Å². The number of phenolic OH excluding ortho intramolecular Hbond substituents is 1. The third-order valence-corrected chi connectivity index (χ3v) is 2.35. The van der Waals surface area contributed by atoms with Crippen LogP contribution < -0.4 is 0 Å². The van der Waals surface area contributed by atoms with Gasteiger partial charge < -0.3 is 14.9 Å². The number of hydrogen-bond donors (Lipinski definition) is 2. The maximum atomic E-state index is 11.0. The Kier molecular flexibility index (Phi) is 3.31. The lowest BCUT2D eigenvalue weighted by Gasteiger charge is -2.23. The number of aliphatic carboxylic acids is 1. The van der Waals surface area contributed by atoms with Crippen molar-refractivity contribution in [3.63, 3.8) is 0 Å². The molecule has 0 amide bonds. The Hall–Kier alpha value is -1.55. The molecule has 1 rings (SSSR count). The first-order valence-electron chi connectivity index (χ1n) is 4.54. The number of ether oxygens (including phenoxy) is 1. The summed E-state index contributed by atoms with van der Waals surface area (Å²) in [5.74, 6) is -0.898. The first-order valence-corrected chi connectivity index (χ1v) is 4.54. The third-order valence-electron chi connectivity index (χ3n) is 2.35. The molecule has 0 aliphatic rings. The van der Waals surface area contributed by atoms with Crippen molar-refractivity contribution in [2.24, 2.45) is 0 Å². The predicted octanol–water partition coefficient (Wildman–Crippen LogP) is 1.42. The minimum absolute atomic E-state index is 0.122. The standard InChI is InChI=1S/C11H14O4/c1-11(15-2,10(13)14)7-8-4-3-5-9(12)6-8/h3-6,12H,7H2,1-2H3,(H,13,14). The van der Waals surface area contributed by atoms with E-state index in [0.717, 1.165) is 5.56 Å². The van der Waals surface area contributed by atoms with Crippen molar-refractivity contribution < 1.29 is 19.7 Å². The van der Waals surface area contributed by atoms with E-state index in [1.165, 1.54) is 26.2 Å². The fourth-order valence-corrected chi connectivity index (χ4v) is 1.29. The van der Waals surface area contributed by atoms with E-state index in [1.54, 1.807) is 12.1 Å².